The van der Waals surface area contributed by atoms with Crippen molar-refractivity contribution in [1.29, 1.82) is 0 Å². The van der Waals surface area contributed by atoms with E-state index in [-0.39, 0.29) is 41.7 Å². The lowest BCUT2D eigenvalue weighted by Gasteiger charge is -2.46. The maximum absolute atomic E-state index is 13.8. The van der Waals surface area contributed by atoms with Gasteiger partial charge in [0.2, 0.25) is 5.91 Å². The molecule has 0 aliphatic carbocycles. The number of hydrogen-bond acceptors (Lipinski definition) is 9. The van der Waals surface area contributed by atoms with Gasteiger partial charge in [0, 0.05) is 55.7 Å². The number of aromatic nitrogens is 4. The predicted molar refractivity (Wildman–Crippen MR) is 234 cm³/mol. The molecule has 2 aromatic heterocycles. The molecule has 3 fully saturated rings. The highest BCUT2D eigenvalue weighted by Gasteiger charge is 2.52. The smallest absolute Gasteiger partial charge is 0.407 e. The summed E-state index contributed by atoms with van der Waals surface area (Å²) in [4.78, 5) is 71.4. The Labute approximate surface area is 361 Å². The van der Waals surface area contributed by atoms with Crippen LogP contribution in [0.25, 0.3) is 44.4 Å². The largest absolute Gasteiger partial charge is 0.465 e. The standard InChI is InChI=1S/C47H56N8O7/c1-27(2)41(52-46(60)61-5)44(57)54-24-28(3)18-39(54)42-48-23-38(51-42)35-13-12-33-20-32(10-11-34(33)21-35)30-6-8-31(9-7-30)37-22-49-43(50-37)40-19-29(4)25-55(40)47(26-56,53-45(58)59)36-14-16-62-17-15-36/h6-13,20-23,26-29,36,39-41,53H,14-19,24-25H2,1-5H3,(H,48,51)(H,49,50)(H,52,60)(H,58,59)/t28-,29-,39-,40-,41-,47?/m0/s1. The molecule has 3 aliphatic rings. The van der Waals surface area contributed by atoms with Crippen molar-refractivity contribution in [3.63, 3.8) is 0 Å². The van der Waals surface area contributed by atoms with Crippen LogP contribution in [-0.4, -0.2) is 104 Å². The number of methoxy groups -OCH3 is 1. The highest BCUT2D eigenvalue weighted by Crippen LogP contribution is 2.43. The van der Waals surface area contributed by atoms with Gasteiger partial charge in [-0.1, -0.05) is 76.2 Å². The van der Waals surface area contributed by atoms with Crippen LogP contribution in [0, 0.1) is 23.7 Å². The molecule has 0 bridgehead atoms. The molecule has 5 aromatic rings. The number of hydrogen-bond donors (Lipinski definition) is 5. The number of alkyl carbamates (subject to hydrolysis) is 1. The number of imidazole rings is 2. The minimum Gasteiger partial charge on any atom is -0.465 e. The summed E-state index contributed by atoms with van der Waals surface area (Å²) in [6.07, 6.45) is 5.35. The number of ether oxygens (including phenoxy) is 2. The lowest BCUT2D eigenvalue weighted by atomic mass is 9.84. The molecule has 5 N–H and O–H groups in total. The maximum Gasteiger partial charge on any atom is 0.407 e. The molecule has 8 rings (SSSR count). The Hall–Kier alpha value is -6.06. The number of carboxylic acid groups (broad SMARTS) is 1. The van der Waals surface area contributed by atoms with Gasteiger partial charge in [0.05, 0.1) is 30.6 Å². The monoisotopic (exact) mass is 844 g/mol. The van der Waals surface area contributed by atoms with Gasteiger partial charge in [0.25, 0.3) is 0 Å². The summed E-state index contributed by atoms with van der Waals surface area (Å²) in [5.74, 6) is 1.44. The fourth-order valence-electron chi connectivity index (χ4n) is 9.78. The average Bonchev–Trinajstić information content (AvgIpc) is 4.11. The van der Waals surface area contributed by atoms with Crippen LogP contribution in [0.5, 0.6) is 0 Å². The molecule has 0 radical (unpaired) electrons. The van der Waals surface area contributed by atoms with Crippen LogP contribution < -0.4 is 10.6 Å². The zero-order valence-electron chi connectivity index (χ0n) is 35.9. The highest BCUT2D eigenvalue weighted by atomic mass is 16.5. The number of carbonyl (C=O) groups excluding carboxylic acids is 3. The number of nitrogens with one attached hydrogen (secondary N) is 4. The zero-order chi connectivity index (χ0) is 43.7. The maximum atomic E-state index is 13.8. The van der Waals surface area contributed by atoms with E-state index in [0.717, 1.165) is 69.4 Å². The first-order valence-corrected chi connectivity index (χ1v) is 21.6. The van der Waals surface area contributed by atoms with Crippen LogP contribution in [0.15, 0.2) is 73.1 Å². The van der Waals surface area contributed by atoms with Crippen LogP contribution in [0.3, 0.4) is 0 Å². The first-order chi connectivity index (χ1) is 29.9. The third-order valence-electron chi connectivity index (χ3n) is 13.0. The number of carbonyl (C=O) groups is 4. The van der Waals surface area contributed by atoms with E-state index in [9.17, 15) is 24.3 Å². The van der Waals surface area contributed by atoms with Crippen molar-refractivity contribution in [2.45, 2.75) is 77.2 Å². The second-order valence-electron chi connectivity index (χ2n) is 17.7. The van der Waals surface area contributed by atoms with Gasteiger partial charge in [0.15, 0.2) is 11.9 Å². The summed E-state index contributed by atoms with van der Waals surface area (Å²) < 4.78 is 10.4. The van der Waals surface area contributed by atoms with Crippen LogP contribution in [-0.2, 0) is 19.1 Å². The molecule has 15 nitrogen and oxygen atoms in total. The SMILES string of the molecule is COC(=O)N[C@H](C(=O)N1C[C@@H](C)C[C@H]1c1nc(-c2ccc3cc(-c4ccc(-c5c[nH]c([C@@H]6C[C@H](C)CN6C(C=O)(NC(=O)O)C6CCOCC6)n5)cc4)ccc3c2)c[nH]1)C(C)C. The van der Waals surface area contributed by atoms with E-state index in [1.165, 1.54) is 7.11 Å². The summed E-state index contributed by atoms with van der Waals surface area (Å²) in [6.45, 7) is 10.1. The Bertz CT molecular complexity index is 2420. The van der Waals surface area contributed by atoms with Crippen molar-refractivity contribution in [1.82, 2.24) is 40.4 Å². The Kier molecular flexibility index (Phi) is 12.2. The van der Waals surface area contributed by atoms with Crippen molar-refractivity contribution in [3.05, 3.63) is 84.7 Å². The Morgan fingerprint density at radius 3 is 2.03 bits per heavy atom. The van der Waals surface area contributed by atoms with Crippen LogP contribution in [0.1, 0.15) is 77.1 Å². The quantitative estimate of drug-likeness (QED) is 0.0783. The summed E-state index contributed by atoms with van der Waals surface area (Å²) in [7, 11) is 1.29. The van der Waals surface area contributed by atoms with E-state index < -0.39 is 23.9 Å². The van der Waals surface area contributed by atoms with Crippen molar-refractivity contribution < 1.29 is 33.8 Å². The molecule has 3 aliphatic heterocycles. The van der Waals surface area contributed by atoms with E-state index in [2.05, 4.69) is 95.1 Å². The lowest BCUT2D eigenvalue weighted by Crippen LogP contribution is -2.66. The molecule has 3 amide bonds. The second kappa shape index (κ2) is 17.7. The third-order valence-corrected chi connectivity index (χ3v) is 13.0. The van der Waals surface area contributed by atoms with E-state index in [4.69, 9.17) is 19.4 Å². The van der Waals surface area contributed by atoms with Gasteiger partial charge in [-0.25, -0.2) is 19.6 Å². The van der Waals surface area contributed by atoms with Crippen molar-refractivity contribution >= 4 is 35.2 Å². The number of H-pyrrole nitrogens is 2. The Morgan fingerprint density at radius 1 is 0.839 bits per heavy atom. The molecule has 6 atom stereocenters. The molecule has 3 aromatic carbocycles. The third kappa shape index (κ3) is 8.43. The molecule has 0 spiro atoms. The molecular weight excluding hydrogens is 789 g/mol. The summed E-state index contributed by atoms with van der Waals surface area (Å²) in [6, 6.07) is 19.7. The van der Waals surface area contributed by atoms with Gasteiger partial charge in [0.1, 0.15) is 17.7 Å². The molecule has 326 valence electrons. The Morgan fingerprint density at radius 2 is 1.40 bits per heavy atom. The van der Waals surface area contributed by atoms with Crippen molar-refractivity contribution in [3.8, 4) is 33.6 Å². The van der Waals surface area contributed by atoms with Crippen LogP contribution >= 0.6 is 0 Å². The zero-order valence-corrected chi connectivity index (χ0v) is 35.9. The molecular formula is C47H56N8O7. The molecule has 62 heavy (non-hydrogen) atoms. The number of amides is 3. The van der Waals surface area contributed by atoms with E-state index >= 15 is 0 Å². The fourth-order valence-corrected chi connectivity index (χ4v) is 9.78. The van der Waals surface area contributed by atoms with E-state index in [1.54, 1.807) is 0 Å². The normalized spacial score (nSPS) is 22.4. The minimum atomic E-state index is -1.38. The van der Waals surface area contributed by atoms with Gasteiger partial charge < -0.3 is 34.8 Å². The van der Waals surface area contributed by atoms with Gasteiger partial charge in [-0.05, 0) is 77.5 Å². The predicted octanol–water partition coefficient (Wildman–Crippen LogP) is 7.55. The molecule has 1 unspecified atom stereocenters. The van der Waals surface area contributed by atoms with E-state index in [1.807, 2.05) is 36.0 Å². The van der Waals surface area contributed by atoms with Crippen LogP contribution in [0.4, 0.5) is 9.59 Å². The number of fused-ring (bicyclic) bond motifs is 1. The number of nitrogens with zero attached hydrogens (tertiary/aromatic N) is 4. The summed E-state index contributed by atoms with van der Waals surface area (Å²) >= 11 is 0. The molecule has 3 saturated heterocycles. The van der Waals surface area contributed by atoms with Crippen molar-refractivity contribution in [2.24, 2.45) is 23.7 Å². The van der Waals surface area contributed by atoms with Gasteiger partial charge in [-0.15, -0.1) is 0 Å². The van der Waals surface area contributed by atoms with Crippen LogP contribution in [0.2, 0.25) is 0 Å². The van der Waals surface area contributed by atoms with E-state index in [0.29, 0.717) is 45.0 Å². The summed E-state index contributed by atoms with van der Waals surface area (Å²) in [5.41, 5.74) is 4.20. The number of aromatic amines is 2. The highest BCUT2D eigenvalue weighted by molar-refractivity contribution is 5.91. The van der Waals surface area contributed by atoms with Gasteiger partial charge >= 0.3 is 12.2 Å². The topological polar surface area (TPSA) is 195 Å². The number of benzene rings is 3. The number of likely N-dealkylation sites (tertiary alicyclic amines) is 2. The summed E-state index contributed by atoms with van der Waals surface area (Å²) in [5, 5.41) is 17.4. The minimum absolute atomic E-state index is 0.120. The lowest BCUT2D eigenvalue weighted by molar-refractivity contribution is -0.135. The van der Waals surface area contributed by atoms with Gasteiger partial charge in [-0.2, -0.15) is 0 Å². The first-order valence-electron chi connectivity index (χ1n) is 21.6. The molecule has 15 heteroatoms. The fraction of sp³-hybridized carbons (Fsp3) is 0.447. The second-order valence-corrected chi connectivity index (χ2v) is 17.7. The molecule has 5 heterocycles. The molecule has 0 saturated carbocycles. The van der Waals surface area contributed by atoms with Gasteiger partial charge in [-0.3, -0.25) is 19.8 Å². The number of aldehydes is 1. The Balaban J connectivity index is 0.971. The average molecular weight is 845 g/mol. The first kappa shape index (κ1) is 42.6. The van der Waals surface area contributed by atoms with Crippen molar-refractivity contribution in [2.75, 3.05) is 33.4 Å². The number of rotatable bonds is 12.